The summed E-state index contributed by atoms with van der Waals surface area (Å²) >= 11 is 7.21. The van der Waals surface area contributed by atoms with E-state index in [4.69, 9.17) is 16.0 Å². The Morgan fingerprint density at radius 3 is 2.77 bits per heavy atom. The molecule has 1 aromatic heterocycles. The second-order valence-corrected chi connectivity index (χ2v) is 8.21. The summed E-state index contributed by atoms with van der Waals surface area (Å²) in [5.74, 6) is 0.496. The first-order valence-electron chi connectivity index (χ1n) is 9.40. The van der Waals surface area contributed by atoms with Gasteiger partial charge in [0, 0.05) is 10.6 Å². The number of amidine groups is 1. The largest absolute Gasteiger partial charge is 0.507 e. The minimum absolute atomic E-state index is 0.0380. The Hall–Kier alpha value is -3.29. The smallest absolute Gasteiger partial charge is 0.267 e. The second kappa shape index (κ2) is 9.24. The van der Waals surface area contributed by atoms with Gasteiger partial charge in [-0.2, -0.15) is 5.10 Å². The Morgan fingerprint density at radius 1 is 1.16 bits per heavy atom. The highest BCUT2D eigenvalue weighted by molar-refractivity contribution is 8.18. The maximum absolute atomic E-state index is 13.1. The van der Waals surface area contributed by atoms with E-state index in [9.17, 15) is 9.90 Å². The van der Waals surface area contributed by atoms with Gasteiger partial charge in [0.25, 0.3) is 5.91 Å². The van der Waals surface area contributed by atoms with E-state index in [1.165, 1.54) is 28.9 Å². The molecule has 0 aliphatic carbocycles. The number of phenols is 1. The first kappa shape index (κ1) is 21.0. The fourth-order valence-electron chi connectivity index (χ4n) is 2.94. The summed E-state index contributed by atoms with van der Waals surface area (Å²) in [4.78, 5) is 15.2. The highest BCUT2D eigenvalue weighted by Gasteiger charge is 2.34. The van der Waals surface area contributed by atoms with Gasteiger partial charge in [-0.05, 0) is 66.2 Å². The molecule has 1 amide bonds. The number of nitrogens with zero attached hydrogens (tertiary/aromatic N) is 3. The van der Waals surface area contributed by atoms with E-state index >= 15 is 0 Å². The Bertz CT molecular complexity index is 1200. The van der Waals surface area contributed by atoms with Crippen LogP contribution in [0.3, 0.4) is 0 Å². The summed E-state index contributed by atoms with van der Waals surface area (Å²) in [7, 11) is 0. The summed E-state index contributed by atoms with van der Waals surface area (Å²) in [5, 5.41) is 19.1. The highest BCUT2D eigenvalue weighted by Crippen LogP contribution is 2.34. The third-order valence-corrected chi connectivity index (χ3v) is 5.82. The number of carbonyl (C=O) groups is 1. The van der Waals surface area contributed by atoms with Gasteiger partial charge in [-0.3, -0.25) is 9.69 Å². The van der Waals surface area contributed by atoms with Gasteiger partial charge in [0.2, 0.25) is 0 Å². The Balaban J connectivity index is 1.65. The number of rotatable bonds is 5. The van der Waals surface area contributed by atoms with E-state index in [1.807, 2.05) is 37.3 Å². The number of thioether (sulfide) groups is 1. The lowest BCUT2D eigenvalue weighted by Crippen LogP contribution is -2.28. The van der Waals surface area contributed by atoms with Crippen LogP contribution in [0.15, 0.2) is 80.4 Å². The zero-order valence-corrected chi connectivity index (χ0v) is 18.1. The van der Waals surface area contributed by atoms with Crippen molar-refractivity contribution in [1.82, 2.24) is 4.90 Å². The van der Waals surface area contributed by atoms with Crippen molar-refractivity contribution in [2.45, 2.75) is 13.5 Å². The Kier molecular flexibility index (Phi) is 6.25. The van der Waals surface area contributed by atoms with Crippen molar-refractivity contribution >= 4 is 46.7 Å². The maximum Gasteiger partial charge on any atom is 0.267 e. The number of aryl methyl sites for hydroxylation is 1. The van der Waals surface area contributed by atoms with E-state index in [0.717, 1.165) is 11.1 Å². The first-order valence-corrected chi connectivity index (χ1v) is 10.6. The molecule has 0 atom stereocenters. The van der Waals surface area contributed by atoms with Crippen LogP contribution in [0.25, 0.3) is 6.08 Å². The van der Waals surface area contributed by atoms with Crippen molar-refractivity contribution in [2.24, 2.45) is 10.2 Å². The SMILES string of the molecule is Cc1ccccc1/C=C1\S/C(=N\N=C\c2cc(Cl)ccc2O)N(Cc2ccco2)C1=O. The lowest BCUT2D eigenvalue weighted by molar-refractivity contribution is -0.122. The van der Waals surface area contributed by atoms with Crippen LogP contribution >= 0.6 is 23.4 Å². The molecule has 2 heterocycles. The molecular formula is C23H18ClN3O3S. The minimum Gasteiger partial charge on any atom is -0.507 e. The highest BCUT2D eigenvalue weighted by atomic mass is 35.5. The fourth-order valence-corrected chi connectivity index (χ4v) is 4.05. The van der Waals surface area contributed by atoms with E-state index in [0.29, 0.717) is 26.4 Å². The maximum atomic E-state index is 13.1. The minimum atomic E-state index is -0.177. The van der Waals surface area contributed by atoms with Crippen LogP contribution in [0.5, 0.6) is 5.75 Å². The number of benzene rings is 2. The van der Waals surface area contributed by atoms with E-state index < -0.39 is 0 Å². The molecule has 0 bridgehead atoms. The molecule has 8 heteroatoms. The summed E-state index contributed by atoms with van der Waals surface area (Å²) in [6.45, 7) is 2.23. The average Bonchev–Trinajstić information content (AvgIpc) is 3.36. The van der Waals surface area contributed by atoms with Crippen molar-refractivity contribution in [3.05, 3.63) is 93.2 Å². The molecule has 31 heavy (non-hydrogen) atoms. The van der Waals surface area contributed by atoms with Gasteiger partial charge < -0.3 is 9.52 Å². The van der Waals surface area contributed by atoms with E-state index in [2.05, 4.69) is 10.2 Å². The van der Waals surface area contributed by atoms with Gasteiger partial charge in [0.15, 0.2) is 5.17 Å². The Labute approximate surface area is 188 Å². The van der Waals surface area contributed by atoms with Gasteiger partial charge in [-0.15, -0.1) is 5.10 Å². The van der Waals surface area contributed by atoms with Crippen molar-refractivity contribution in [3.8, 4) is 5.75 Å². The van der Waals surface area contributed by atoms with Gasteiger partial charge in [-0.25, -0.2) is 0 Å². The molecule has 1 aliphatic heterocycles. The molecule has 0 radical (unpaired) electrons. The predicted octanol–water partition coefficient (Wildman–Crippen LogP) is 5.45. The number of hydrogen-bond donors (Lipinski definition) is 1. The third kappa shape index (κ3) is 4.90. The van der Waals surface area contributed by atoms with Crippen molar-refractivity contribution in [2.75, 3.05) is 0 Å². The van der Waals surface area contributed by atoms with Crippen LogP contribution in [-0.4, -0.2) is 27.3 Å². The molecular weight excluding hydrogens is 434 g/mol. The van der Waals surface area contributed by atoms with Gasteiger partial charge in [0.05, 0.1) is 23.9 Å². The molecule has 0 spiro atoms. The summed E-state index contributed by atoms with van der Waals surface area (Å²) < 4.78 is 5.40. The molecule has 156 valence electrons. The van der Waals surface area contributed by atoms with Gasteiger partial charge >= 0.3 is 0 Å². The molecule has 2 aromatic carbocycles. The lowest BCUT2D eigenvalue weighted by Gasteiger charge is -2.12. The molecule has 6 nitrogen and oxygen atoms in total. The third-order valence-electron chi connectivity index (χ3n) is 4.59. The van der Waals surface area contributed by atoms with E-state index in [1.54, 1.807) is 30.5 Å². The van der Waals surface area contributed by atoms with Crippen LogP contribution in [0.1, 0.15) is 22.5 Å². The number of furan rings is 1. The van der Waals surface area contributed by atoms with Crippen molar-refractivity contribution in [3.63, 3.8) is 0 Å². The summed E-state index contributed by atoms with van der Waals surface area (Å²) in [6.07, 6.45) is 4.81. The number of hydrogen-bond acceptors (Lipinski definition) is 6. The van der Waals surface area contributed by atoms with Crippen molar-refractivity contribution < 1.29 is 14.3 Å². The van der Waals surface area contributed by atoms with E-state index in [-0.39, 0.29) is 18.2 Å². The average molecular weight is 452 g/mol. The molecule has 1 aliphatic rings. The molecule has 0 saturated carbocycles. The van der Waals surface area contributed by atoms with Crippen LogP contribution in [0, 0.1) is 6.92 Å². The molecule has 1 saturated heterocycles. The summed E-state index contributed by atoms with van der Waals surface area (Å²) in [6, 6.07) is 16.1. The summed E-state index contributed by atoms with van der Waals surface area (Å²) in [5.41, 5.74) is 2.46. The fraction of sp³-hybridized carbons (Fsp3) is 0.0870. The monoisotopic (exact) mass is 451 g/mol. The topological polar surface area (TPSA) is 78.4 Å². The molecule has 0 unspecified atom stereocenters. The predicted molar refractivity (Wildman–Crippen MR) is 124 cm³/mol. The Morgan fingerprint density at radius 2 is 2.00 bits per heavy atom. The van der Waals surface area contributed by atoms with Crippen LogP contribution in [0.2, 0.25) is 5.02 Å². The van der Waals surface area contributed by atoms with Gasteiger partial charge in [-0.1, -0.05) is 35.9 Å². The molecule has 3 aromatic rings. The molecule has 1 fully saturated rings. The lowest BCUT2D eigenvalue weighted by atomic mass is 10.1. The number of aromatic hydroxyl groups is 1. The van der Waals surface area contributed by atoms with Crippen LogP contribution in [-0.2, 0) is 11.3 Å². The molecule has 4 rings (SSSR count). The van der Waals surface area contributed by atoms with Crippen LogP contribution < -0.4 is 0 Å². The van der Waals surface area contributed by atoms with Crippen LogP contribution in [0.4, 0.5) is 0 Å². The number of amides is 1. The number of halogens is 1. The van der Waals surface area contributed by atoms with Crippen molar-refractivity contribution in [1.29, 1.82) is 0 Å². The van der Waals surface area contributed by atoms with Gasteiger partial charge in [0.1, 0.15) is 11.5 Å². The standard InChI is InChI=1S/C23H18ClN3O3S/c1-15-5-2-3-6-16(15)12-21-22(29)27(14-19-7-4-10-30-19)23(31-21)26-25-13-17-11-18(24)8-9-20(17)28/h2-13,28H,14H2,1H3/b21-12-,25-13+,26-23-. The first-order chi connectivity index (χ1) is 15.0. The normalized spacial score (nSPS) is 16.8. The second-order valence-electron chi connectivity index (χ2n) is 6.77. The zero-order valence-electron chi connectivity index (χ0n) is 16.5. The zero-order chi connectivity index (χ0) is 21.8. The number of phenolic OH excluding ortho intramolecular Hbond substituents is 1. The number of carbonyl (C=O) groups excluding carboxylic acids is 1. The quantitative estimate of drug-likeness (QED) is 0.317. The molecule has 1 N–H and O–H groups in total.